The van der Waals surface area contributed by atoms with E-state index in [9.17, 15) is 14.7 Å². The first-order valence-corrected chi connectivity index (χ1v) is 14.4. The molecular weight excluding hydrogens is 522 g/mol. The number of ketones is 1. The van der Waals surface area contributed by atoms with E-state index < -0.39 is 17.7 Å². The highest BCUT2D eigenvalue weighted by Gasteiger charge is 2.47. The SMILES string of the molecule is Cc1cc(/C(O)=C2/C(=O)C(=O)N(c3ccc(C(C)C)cc3)C2c2ccc(C(C)C)cc2)ccc1OCc1ccccc1. The minimum atomic E-state index is -0.773. The van der Waals surface area contributed by atoms with Gasteiger partial charge >= 0.3 is 0 Å². The predicted octanol–water partition coefficient (Wildman–Crippen LogP) is 8.45. The van der Waals surface area contributed by atoms with Gasteiger partial charge < -0.3 is 9.84 Å². The molecule has 1 aliphatic rings. The monoisotopic (exact) mass is 559 g/mol. The molecule has 0 aromatic heterocycles. The molecule has 214 valence electrons. The van der Waals surface area contributed by atoms with E-state index in [4.69, 9.17) is 4.74 Å². The van der Waals surface area contributed by atoms with E-state index in [1.54, 1.807) is 18.2 Å². The highest BCUT2D eigenvalue weighted by Crippen LogP contribution is 2.43. The molecule has 1 saturated heterocycles. The van der Waals surface area contributed by atoms with Crippen LogP contribution in [0.2, 0.25) is 0 Å². The first-order valence-electron chi connectivity index (χ1n) is 14.4. The Hall–Kier alpha value is -4.64. The Morgan fingerprint density at radius 3 is 1.98 bits per heavy atom. The highest BCUT2D eigenvalue weighted by molar-refractivity contribution is 6.51. The number of ether oxygens (including phenoxy) is 1. The number of carbonyl (C=O) groups excluding carboxylic acids is 2. The van der Waals surface area contributed by atoms with Gasteiger partial charge in [-0.3, -0.25) is 14.5 Å². The van der Waals surface area contributed by atoms with Crippen LogP contribution in [0.4, 0.5) is 5.69 Å². The minimum Gasteiger partial charge on any atom is -0.507 e. The van der Waals surface area contributed by atoms with Crippen molar-refractivity contribution in [3.8, 4) is 5.75 Å². The molecule has 5 nitrogen and oxygen atoms in total. The Bertz CT molecular complexity index is 1620. The zero-order chi connectivity index (χ0) is 30.0. The molecule has 0 spiro atoms. The molecule has 0 aliphatic carbocycles. The molecule has 1 heterocycles. The number of aryl methyl sites for hydroxylation is 1. The summed E-state index contributed by atoms with van der Waals surface area (Å²) in [4.78, 5) is 28.7. The fourth-order valence-corrected chi connectivity index (χ4v) is 5.35. The van der Waals surface area contributed by atoms with E-state index in [1.807, 2.05) is 85.8 Å². The van der Waals surface area contributed by atoms with Crippen LogP contribution in [0.1, 0.15) is 79.0 Å². The standard InChI is InChI=1S/C37H37NO4/c1-23(2)27-11-13-29(14-12-27)34-33(36(40)37(41)38(34)31-18-15-28(16-19-31)24(3)4)35(39)30-17-20-32(25(5)21-30)42-22-26-9-7-6-8-10-26/h6-21,23-24,34,39H,22H2,1-5H3/b35-33-. The van der Waals surface area contributed by atoms with Gasteiger partial charge in [0.25, 0.3) is 11.7 Å². The summed E-state index contributed by atoms with van der Waals surface area (Å²) in [6.07, 6.45) is 0. The first-order chi connectivity index (χ1) is 20.2. The number of carbonyl (C=O) groups is 2. The summed E-state index contributed by atoms with van der Waals surface area (Å²) in [5.74, 6) is -0.227. The lowest BCUT2D eigenvalue weighted by molar-refractivity contribution is -0.132. The Morgan fingerprint density at radius 2 is 1.40 bits per heavy atom. The van der Waals surface area contributed by atoms with Gasteiger partial charge in [0.2, 0.25) is 0 Å². The Balaban J connectivity index is 1.56. The predicted molar refractivity (Wildman–Crippen MR) is 168 cm³/mol. The van der Waals surface area contributed by atoms with Crippen molar-refractivity contribution in [2.75, 3.05) is 4.90 Å². The molecule has 4 aromatic carbocycles. The van der Waals surface area contributed by atoms with Crippen LogP contribution < -0.4 is 9.64 Å². The molecule has 42 heavy (non-hydrogen) atoms. The van der Waals surface area contributed by atoms with Crippen molar-refractivity contribution in [3.63, 3.8) is 0 Å². The number of hydrogen-bond donors (Lipinski definition) is 1. The third-order valence-corrected chi connectivity index (χ3v) is 7.89. The molecule has 1 atom stereocenters. The Labute approximate surface area is 248 Å². The van der Waals surface area contributed by atoms with Crippen molar-refractivity contribution >= 4 is 23.1 Å². The zero-order valence-electron chi connectivity index (χ0n) is 24.8. The van der Waals surface area contributed by atoms with Gasteiger partial charge in [0.15, 0.2) is 0 Å². The van der Waals surface area contributed by atoms with Crippen LogP contribution in [0.3, 0.4) is 0 Å². The van der Waals surface area contributed by atoms with Crippen molar-refractivity contribution in [3.05, 3.63) is 136 Å². The van der Waals surface area contributed by atoms with Gasteiger partial charge in [-0.25, -0.2) is 0 Å². The molecule has 0 bridgehead atoms. The van der Waals surface area contributed by atoms with Crippen LogP contribution in [0.5, 0.6) is 5.75 Å². The van der Waals surface area contributed by atoms with E-state index in [0.29, 0.717) is 35.4 Å². The molecule has 5 rings (SSSR count). The number of aliphatic hydroxyl groups excluding tert-OH is 1. The fourth-order valence-electron chi connectivity index (χ4n) is 5.35. The second-order valence-electron chi connectivity index (χ2n) is 11.5. The molecule has 4 aromatic rings. The van der Waals surface area contributed by atoms with E-state index in [0.717, 1.165) is 27.8 Å². The van der Waals surface area contributed by atoms with Crippen LogP contribution in [0, 0.1) is 6.92 Å². The fraction of sp³-hybridized carbons (Fsp3) is 0.243. The van der Waals surface area contributed by atoms with Gasteiger partial charge in [0, 0.05) is 11.3 Å². The Morgan fingerprint density at radius 1 is 0.810 bits per heavy atom. The number of amides is 1. The van der Waals surface area contributed by atoms with Crippen molar-refractivity contribution in [1.82, 2.24) is 0 Å². The molecule has 1 unspecified atom stereocenters. The lowest BCUT2D eigenvalue weighted by atomic mass is 9.92. The zero-order valence-corrected chi connectivity index (χ0v) is 24.8. The van der Waals surface area contributed by atoms with Gasteiger partial charge in [-0.05, 0) is 76.9 Å². The third kappa shape index (κ3) is 5.73. The maximum absolute atomic E-state index is 13.6. The van der Waals surface area contributed by atoms with Gasteiger partial charge in [-0.15, -0.1) is 0 Å². The summed E-state index contributed by atoms with van der Waals surface area (Å²) < 4.78 is 6.02. The van der Waals surface area contributed by atoms with E-state index in [2.05, 4.69) is 27.7 Å². The van der Waals surface area contributed by atoms with Gasteiger partial charge in [-0.1, -0.05) is 94.4 Å². The maximum atomic E-state index is 13.6. The molecule has 0 saturated carbocycles. The van der Waals surface area contributed by atoms with Crippen LogP contribution in [-0.2, 0) is 16.2 Å². The number of aliphatic hydroxyl groups is 1. The number of anilines is 1. The number of benzene rings is 4. The topological polar surface area (TPSA) is 66.8 Å². The van der Waals surface area contributed by atoms with Crippen molar-refractivity contribution in [2.45, 2.75) is 59.1 Å². The van der Waals surface area contributed by atoms with E-state index in [-0.39, 0.29) is 11.3 Å². The molecule has 1 N–H and O–H groups in total. The summed E-state index contributed by atoms with van der Waals surface area (Å²) in [5, 5.41) is 11.6. The van der Waals surface area contributed by atoms with Crippen molar-refractivity contribution in [2.24, 2.45) is 0 Å². The number of hydrogen-bond acceptors (Lipinski definition) is 4. The second-order valence-corrected chi connectivity index (χ2v) is 11.5. The largest absolute Gasteiger partial charge is 0.507 e. The summed E-state index contributed by atoms with van der Waals surface area (Å²) in [6, 6.07) is 30.1. The van der Waals surface area contributed by atoms with Gasteiger partial charge in [0.05, 0.1) is 11.6 Å². The van der Waals surface area contributed by atoms with Gasteiger partial charge in [-0.2, -0.15) is 0 Å². The van der Waals surface area contributed by atoms with Crippen LogP contribution in [0.15, 0.2) is 103 Å². The first kappa shape index (κ1) is 28.9. The average molecular weight is 560 g/mol. The molecule has 1 aliphatic heterocycles. The second kappa shape index (κ2) is 12.1. The van der Waals surface area contributed by atoms with Gasteiger partial charge in [0.1, 0.15) is 18.1 Å². The molecule has 0 radical (unpaired) electrons. The molecule has 5 heteroatoms. The summed E-state index contributed by atoms with van der Waals surface area (Å²) in [5.41, 5.74) is 6.04. The third-order valence-electron chi connectivity index (χ3n) is 7.89. The Kier molecular flexibility index (Phi) is 8.30. The maximum Gasteiger partial charge on any atom is 0.300 e. The van der Waals surface area contributed by atoms with Crippen LogP contribution in [-0.4, -0.2) is 16.8 Å². The number of rotatable bonds is 8. The minimum absolute atomic E-state index is 0.0718. The van der Waals surface area contributed by atoms with Crippen molar-refractivity contribution < 1.29 is 19.4 Å². The number of Topliss-reactive ketones (excluding diaryl/α,β-unsaturated/α-hetero) is 1. The molecule has 1 fully saturated rings. The van der Waals surface area contributed by atoms with Crippen molar-refractivity contribution in [1.29, 1.82) is 0 Å². The van der Waals surface area contributed by atoms with E-state index >= 15 is 0 Å². The number of nitrogens with zero attached hydrogens (tertiary/aromatic N) is 1. The van der Waals surface area contributed by atoms with Crippen LogP contribution >= 0.6 is 0 Å². The summed E-state index contributed by atoms with van der Waals surface area (Å²) in [7, 11) is 0. The highest BCUT2D eigenvalue weighted by atomic mass is 16.5. The lowest BCUT2D eigenvalue weighted by Gasteiger charge is -2.26. The average Bonchev–Trinajstić information content (AvgIpc) is 3.26. The van der Waals surface area contributed by atoms with E-state index in [1.165, 1.54) is 4.90 Å². The molecule has 1 amide bonds. The smallest absolute Gasteiger partial charge is 0.300 e. The van der Waals surface area contributed by atoms with Crippen LogP contribution in [0.25, 0.3) is 5.76 Å². The quantitative estimate of drug-likeness (QED) is 0.134. The summed E-state index contributed by atoms with van der Waals surface area (Å²) >= 11 is 0. The molecular formula is C37H37NO4. The lowest BCUT2D eigenvalue weighted by Crippen LogP contribution is -2.29. The normalized spacial score (nSPS) is 16.5. The summed E-state index contributed by atoms with van der Waals surface area (Å²) in [6.45, 7) is 10.8.